The van der Waals surface area contributed by atoms with Crippen LogP contribution in [0.1, 0.15) is 16.0 Å². The molecule has 0 saturated carbocycles. The van der Waals surface area contributed by atoms with Crippen LogP contribution >= 0.6 is 39.1 Å². The van der Waals surface area contributed by atoms with E-state index in [-0.39, 0.29) is 10.6 Å². The van der Waals surface area contributed by atoms with Crippen molar-refractivity contribution in [2.75, 3.05) is 0 Å². The Balaban J connectivity index is 2.33. The summed E-state index contributed by atoms with van der Waals surface area (Å²) in [6, 6.07) is 11.8. The summed E-state index contributed by atoms with van der Waals surface area (Å²) in [5.41, 5.74) is 1.94. The third-order valence-corrected chi connectivity index (χ3v) is 4.20. The average molecular weight is 334 g/mol. The zero-order valence-corrected chi connectivity index (χ0v) is 11.7. The molecule has 0 aliphatic rings. The highest BCUT2D eigenvalue weighted by atomic mass is 79.9. The first-order chi connectivity index (χ1) is 8.08. The molecule has 88 valence electrons. The fraction of sp³-hybridized carbons (Fsp3) is 0.0769. The number of hydrogen-bond donors (Lipinski definition) is 0. The van der Waals surface area contributed by atoms with Crippen LogP contribution in [0.25, 0.3) is 0 Å². The average Bonchev–Trinajstić information content (AvgIpc) is 2.33. The number of benzene rings is 2. The summed E-state index contributed by atoms with van der Waals surface area (Å²) in [6.07, 6.45) is 0. The molecular weight excluding hydrogens is 326 g/mol. The Morgan fingerprint density at radius 2 is 1.47 bits per heavy atom. The van der Waals surface area contributed by atoms with Gasteiger partial charge in [0.25, 0.3) is 0 Å². The zero-order valence-electron chi connectivity index (χ0n) is 8.63. The highest BCUT2D eigenvalue weighted by Gasteiger charge is 2.11. The van der Waals surface area contributed by atoms with Crippen molar-refractivity contribution in [3.8, 4) is 0 Å². The minimum absolute atomic E-state index is 0.0298. The Hall–Kier alpha value is -0.570. The van der Waals surface area contributed by atoms with E-state index < -0.39 is 0 Å². The van der Waals surface area contributed by atoms with E-state index in [1.165, 1.54) is 12.1 Å². The first-order valence-electron chi connectivity index (χ1n) is 4.92. The number of halogens is 4. The van der Waals surface area contributed by atoms with Gasteiger partial charge in [-0.1, -0.05) is 57.3 Å². The standard InChI is InChI=1S/C13H8BrCl2F/c14-13(8-1-4-10(17)5-2-8)9-3-6-11(15)12(16)7-9/h1-7,13H. The predicted molar refractivity (Wildman–Crippen MR) is 73.6 cm³/mol. The second-order valence-electron chi connectivity index (χ2n) is 3.59. The third kappa shape index (κ3) is 3.01. The van der Waals surface area contributed by atoms with Gasteiger partial charge in [0.1, 0.15) is 5.82 Å². The molecule has 0 aliphatic carbocycles. The van der Waals surface area contributed by atoms with Crippen molar-refractivity contribution in [1.82, 2.24) is 0 Å². The lowest BCUT2D eigenvalue weighted by Gasteiger charge is -2.11. The van der Waals surface area contributed by atoms with Crippen molar-refractivity contribution in [3.05, 3.63) is 69.5 Å². The molecule has 0 aliphatic heterocycles. The van der Waals surface area contributed by atoms with Crippen molar-refractivity contribution in [1.29, 1.82) is 0 Å². The molecular formula is C13H8BrCl2F. The molecule has 0 fully saturated rings. The topological polar surface area (TPSA) is 0 Å². The highest BCUT2D eigenvalue weighted by molar-refractivity contribution is 9.09. The van der Waals surface area contributed by atoms with E-state index >= 15 is 0 Å². The van der Waals surface area contributed by atoms with Gasteiger partial charge in [-0.15, -0.1) is 0 Å². The Bertz CT molecular complexity index is 525. The van der Waals surface area contributed by atoms with Crippen LogP contribution in [0.2, 0.25) is 10.0 Å². The third-order valence-electron chi connectivity index (χ3n) is 2.40. The van der Waals surface area contributed by atoms with Crippen molar-refractivity contribution < 1.29 is 4.39 Å². The molecule has 0 radical (unpaired) electrons. The maximum Gasteiger partial charge on any atom is 0.123 e. The van der Waals surface area contributed by atoms with E-state index in [1.54, 1.807) is 24.3 Å². The van der Waals surface area contributed by atoms with Gasteiger partial charge in [0.05, 0.1) is 14.9 Å². The van der Waals surface area contributed by atoms with Crippen LogP contribution in [0.15, 0.2) is 42.5 Å². The Morgan fingerprint density at radius 1 is 0.882 bits per heavy atom. The maximum absolute atomic E-state index is 12.8. The Labute approximate surface area is 117 Å². The molecule has 17 heavy (non-hydrogen) atoms. The van der Waals surface area contributed by atoms with E-state index in [0.29, 0.717) is 10.0 Å². The molecule has 0 amide bonds. The van der Waals surface area contributed by atoms with E-state index in [0.717, 1.165) is 11.1 Å². The lowest BCUT2D eigenvalue weighted by atomic mass is 10.1. The maximum atomic E-state index is 12.8. The molecule has 2 aromatic carbocycles. The first-order valence-corrected chi connectivity index (χ1v) is 6.59. The van der Waals surface area contributed by atoms with Gasteiger partial charge in [0, 0.05) is 0 Å². The van der Waals surface area contributed by atoms with Gasteiger partial charge in [0.2, 0.25) is 0 Å². The fourth-order valence-corrected chi connectivity index (χ4v) is 2.39. The molecule has 1 atom stereocenters. The van der Waals surface area contributed by atoms with E-state index in [4.69, 9.17) is 23.2 Å². The van der Waals surface area contributed by atoms with Crippen molar-refractivity contribution in [2.45, 2.75) is 4.83 Å². The number of hydrogen-bond acceptors (Lipinski definition) is 0. The van der Waals surface area contributed by atoms with Crippen LogP contribution in [0.3, 0.4) is 0 Å². The van der Waals surface area contributed by atoms with Crippen LogP contribution < -0.4 is 0 Å². The minimum atomic E-state index is -0.248. The van der Waals surface area contributed by atoms with Gasteiger partial charge >= 0.3 is 0 Å². The van der Waals surface area contributed by atoms with Gasteiger partial charge < -0.3 is 0 Å². The molecule has 0 N–H and O–H groups in total. The SMILES string of the molecule is Fc1ccc(C(Br)c2ccc(Cl)c(Cl)c2)cc1. The molecule has 0 heterocycles. The van der Waals surface area contributed by atoms with Crippen LogP contribution in [-0.2, 0) is 0 Å². The smallest absolute Gasteiger partial charge is 0.123 e. The minimum Gasteiger partial charge on any atom is -0.207 e. The molecule has 2 rings (SSSR count). The number of alkyl halides is 1. The largest absolute Gasteiger partial charge is 0.207 e. The lowest BCUT2D eigenvalue weighted by Crippen LogP contribution is -1.93. The molecule has 0 nitrogen and oxygen atoms in total. The van der Waals surface area contributed by atoms with Gasteiger partial charge in [-0.2, -0.15) is 0 Å². The zero-order chi connectivity index (χ0) is 12.4. The highest BCUT2D eigenvalue weighted by Crippen LogP contribution is 2.34. The summed E-state index contributed by atoms with van der Waals surface area (Å²) >= 11 is 15.4. The predicted octanol–water partition coefficient (Wildman–Crippen LogP) is 5.62. The second-order valence-corrected chi connectivity index (χ2v) is 5.32. The Morgan fingerprint density at radius 3 is 2.06 bits per heavy atom. The summed E-state index contributed by atoms with van der Waals surface area (Å²) in [5.74, 6) is -0.248. The molecule has 1 unspecified atom stereocenters. The monoisotopic (exact) mass is 332 g/mol. The van der Waals surface area contributed by atoms with Gasteiger partial charge in [0.15, 0.2) is 0 Å². The van der Waals surface area contributed by atoms with E-state index in [2.05, 4.69) is 15.9 Å². The summed E-state index contributed by atoms with van der Waals surface area (Å²) in [5, 5.41) is 1.03. The normalized spacial score (nSPS) is 12.5. The van der Waals surface area contributed by atoms with Crippen molar-refractivity contribution in [3.63, 3.8) is 0 Å². The molecule has 0 bridgehead atoms. The quantitative estimate of drug-likeness (QED) is 0.626. The lowest BCUT2D eigenvalue weighted by molar-refractivity contribution is 0.627. The second kappa shape index (κ2) is 5.38. The summed E-state index contributed by atoms with van der Waals surface area (Å²) < 4.78 is 12.8. The van der Waals surface area contributed by atoms with E-state index in [1.807, 2.05) is 6.07 Å². The summed E-state index contributed by atoms with van der Waals surface area (Å²) in [6.45, 7) is 0. The first kappa shape index (κ1) is 12.9. The van der Waals surface area contributed by atoms with Crippen molar-refractivity contribution in [2.24, 2.45) is 0 Å². The van der Waals surface area contributed by atoms with Crippen molar-refractivity contribution >= 4 is 39.1 Å². The molecule has 0 spiro atoms. The van der Waals surface area contributed by atoms with Gasteiger partial charge in [-0.05, 0) is 35.4 Å². The molecule has 4 heteroatoms. The fourth-order valence-electron chi connectivity index (χ4n) is 1.49. The van der Waals surface area contributed by atoms with E-state index in [9.17, 15) is 4.39 Å². The molecule has 0 saturated heterocycles. The number of rotatable bonds is 2. The van der Waals surface area contributed by atoms with Gasteiger partial charge in [-0.3, -0.25) is 0 Å². The summed E-state index contributed by atoms with van der Waals surface area (Å²) in [4.78, 5) is -0.0298. The van der Waals surface area contributed by atoms with Crippen LogP contribution in [0.5, 0.6) is 0 Å². The van der Waals surface area contributed by atoms with Crippen LogP contribution in [-0.4, -0.2) is 0 Å². The van der Waals surface area contributed by atoms with Crippen LogP contribution in [0.4, 0.5) is 4.39 Å². The van der Waals surface area contributed by atoms with Crippen LogP contribution in [0, 0.1) is 5.82 Å². The summed E-state index contributed by atoms with van der Waals surface area (Å²) in [7, 11) is 0. The molecule has 0 aromatic heterocycles. The van der Waals surface area contributed by atoms with Gasteiger partial charge in [-0.25, -0.2) is 4.39 Å². The molecule has 2 aromatic rings. The Kier molecular flexibility index (Phi) is 4.08.